The highest BCUT2D eigenvalue weighted by molar-refractivity contribution is 8.11. The second-order valence-corrected chi connectivity index (χ2v) is 11.9. The summed E-state index contributed by atoms with van der Waals surface area (Å²) in [6, 6.07) is 21.9. The number of aryl methyl sites for hydroxylation is 1. The highest BCUT2D eigenvalue weighted by Gasteiger charge is 2.31. The third-order valence-corrected chi connectivity index (χ3v) is 7.35. The van der Waals surface area contributed by atoms with E-state index >= 15 is 0 Å². The molecule has 1 aliphatic heterocycles. The van der Waals surface area contributed by atoms with Crippen molar-refractivity contribution in [1.82, 2.24) is 0 Å². The second-order valence-electron chi connectivity index (χ2n) is 7.04. The Labute approximate surface area is 153 Å². The van der Waals surface area contributed by atoms with Crippen LogP contribution < -0.4 is 0 Å². The van der Waals surface area contributed by atoms with Crippen LogP contribution in [-0.2, 0) is 28.9 Å². The number of allylic oxidation sites excluding steroid dienone is 1. The summed E-state index contributed by atoms with van der Waals surface area (Å²) in [7, 11) is 0. The first kappa shape index (κ1) is 15.4. The summed E-state index contributed by atoms with van der Waals surface area (Å²) < 4.78 is 6.50. The van der Waals surface area contributed by atoms with Gasteiger partial charge in [0.05, 0.1) is 0 Å². The van der Waals surface area contributed by atoms with Crippen LogP contribution in [0.1, 0.15) is 28.7 Å². The van der Waals surface area contributed by atoms with Crippen LogP contribution >= 0.6 is 6.26 Å². The van der Waals surface area contributed by atoms with Gasteiger partial charge in [-0.25, -0.2) is 0 Å². The molecule has 3 aromatic rings. The van der Waals surface area contributed by atoms with Crippen LogP contribution in [0.5, 0.6) is 0 Å². The molecule has 1 nitrogen and oxygen atoms in total. The third kappa shape index (κ3) is 2.47. The topological polar surface area (TPSA) is 9.23 Å². The lowest BCUT2D eigenvalue weighted by atomic mass is 9.82. The van der Waals surface area contributed by atoms with Gasteiger partial charge in [0, 0.05) is 18.2 Å². The van der Waals surface area contributed by atoms with E-state index in [1.807, 2.05) is 0 Å². The van der Waals surface area contributed by atoms with Gasteiger partial charge in [0.25, 0.3) is 0 Å². The Morgan fingerprint density at radius 2 is 1.68 bits per heavy atom. The molecule has 0 radical (unpaired) electrons. The number of hydrogen-bond donors (Lipinski definition) is 0. The van der Waals surface area contributed by atoms with Crippen molar-refractivity contribution < 1.29 is 4.52 Å². The maximum Gasteiger partial charge on any atom is 0.116 e. The highest BCUT2D eigenvalue weighted by Crippen LogP contribution is 2.56. The fourth-order valence-electron chi connectivity index (χ4n) is 4.19. The summed E-state index contributed by atoms with van der Waals surface area (Å²) in [5, 5.41) is 2.59. The van der Waals surface area contributed by atoms with E-state index in [2.05, 4.69) is 67.3 Å². The molecule has 1 aliphatic carbocycles. The number of fused-ring (bicyclic) bond motifs is 6. The van der Waals surface area contributed by atoms with Gasteiger partial charge < -0.3 is 4.52 Å². The van der Waals surface area contributed by atoms with Gasteiger partial charge in [-0.1, -0.05) is 72.5 Å². The minimum absolute atomic E-state index is 0.859. The molecule has 124 valence electrons. The van der Waals surface area contributed by atoms with E-state index in [1.54, 1.807) is 0 Å². The summed E-state index contributed by atoms with van der Waals surface area (Å²) in [5.74, 6) is 1.11. The van der Waals surface area contributed by atoms with E-state index in [0.29, 0.717) is 0 Å². The molecule has 0 amide bonds. The lowest BCUT2D eigenvalue weighted by Gasteiger charge is -2.25. The van der Waals surface area contributed by atoms with Crippen LogP contribution in [0.2, 0.25) is 0 Å². The van der Waals surface area contributed by atoms with Gasteiger partial charge in [0.15, 0.2) is 0 Å². The van der Waals surface area contributed by atoms with E-state index in [0.717, 1.165) is 24.8 Å². The summed E-state index contributed by atoms with van der Waals surface area (Å²) >= 11 is 5.90. The zero-order chi connectivity index (χ0) is 17.0. The lowest BCUT2D eigenvalue weighted by molar-refractivity contribution is 0.446. The molecule has 3 aromatic carbocycles. The molecular formula is C22H19OPS. The van der Waals surface area contributed by atoms with Gasteiger partial charge in [-0.05, 0) is 46.1 Å². The first-order valence-corrected chi connectivity index (χ1v) is 12.1. The van der Waals surface area contributed by atoms with Crippen LogP contribution in [0.25, 0.3) is 16.3 Å². The van der Waals surface area contributed by atoms with Crippen molar-refractivity contribution in [2.24, 2.45) is 0 Å². The Balaban J connectivity index is 1.93. The number of benzene rings is 3. The van der Waals surface area contributed by atoms with Gasteiger partial charge in [0.1, 0.15) is 12.0 Å². The molecule has 3 heteroatoms. The van der Waals surface area contributed by atoms with E-state index in [1.165, 1.54) is 38.6 Å². The number of rotatable bonds is 0. The Kier molecular flexibility index (Phi) is 3.42. The Morgan fingerprint density at radius 3 is 2.60 bits per heavy atom. The molecule has 1 heterocycles. The van der Waals surface area contributed by atoms with Crippen LogP contribution in [-0.4, -0.2) is 6.66 Å². The van der Waals surface area contributed by atoms with Crippen LogP contribution in [0.3, 0.4) is 0 Å². The van der Waals surface area contributed by atoms with Crippen LogP contribution in [0.15, 0.2) is 66.4 Å². The molecule has 0 N–H and O–H groups in total. The standard InChI is InChI=1S/C22H19OPS/c1-24(25)14-17-11-10-15-6-2-4-8-18(15)21(17)22-19-9-5-3-7-16(19)12-13-20(22)23-24/h2-11H,12-14H2,1H3. The van der Waals surface area contributed by atoms with Crippen LogP contribution in [0, 0.1) is 0 Å². The van der Waals surface area contributed by atoms with Crippen LogP contribution in [0.4, 0.5) is 0 Å². The molecular weight excluding hydrogens is 343 g/mol. The van der Waals surface area contributed by atoms with E-state index < -0.39 is 6.26 Å². The van der Waals surface area contributed by atoms with E-state index in [-0.39, 0.29) is 0 Å². The Morgan fingerprint density at radius 1 is 0.880 bits per heavy atom. The number of hydrogen-bond acceptors (Lipinski definition) is 2. The quantitative estimate of drug-likeness (QED) is 0.447. The molecule has 25 heavy (non-hydrogen) atoms. The average molecular weight is 362 g/mol. The largest absolute Gasteiger partial charge is 0.470 e. The molecule has 1 unspecified atom stereocenters. The fourth-order valence-corrected chi connectivity index (χ4v) is 6.47. The first-order valence-electron chi connectivity index (χ1n) is 8.71. The molecule has 0 aromatic heterocycles. The van der Waals surface area contributed by atoms with Crippen molar-refractivity contribution in [3.05, 3.63) is 88.7 Å². The van der Waals surface area contributed by atoms with Crippen molar-refractivity contribution >= 4 is 34.4 Å². The average Bonchev–Trinajstić information content (AvgIpc) is 2.73. The second kappa shape index (κ2) is 5.56. The summed E-state index contributed by atoms with van der Waals surface area (Å²) in [5.41, 5.74) is 6.69. The van der Waals surface area contributed by atoms with Crippen molar-refractivity contribution in [3.63, 3.8) is 0 Å². The Bertz CT molecular complexity index is 1100. The predicted molar refractivity (Wildman–Crippen MR) is 110 cm³/mol. The molecule has 2 aliphatic rings. The SMILES string of the molecule is CP1(=S)Cc2ccc3ccccc3c2C2=C(CCc3ccccc32)O1. The van der Waals surface area contributed by atoms with Crippen molar-refractivity contribution in [2.75, 3.05) is 6.66 Å². The molecule has 1 atom stereocenters. The Hall–Kier alpha value is -1.89. The van der Waals surface area contributed by atoms with Crippen molar-refractivity contribution in [3.8, 4) is 0 Å². The molecule has 5 rings (SSSR count). The minimum atomic E-state index is -1.87. The molecule has 0 spiro atoms. The fraction of sp³-hybridized carbons (Fsp3) is 0.182. The third-order valence-electron chi connectivity index (χ3n) is 5.21. The lowest BCUT2D eigenvalue weighted by Crippen LogP contribution is -2.07. The smallest absolute Gasteiger partial charge is 0.116 e. The highest BCUT2D eigenvalue weighted by atomic mass is 32.4. The van der Waals surface area contributed by atoms with Gasteiger partial charge >= 0.3 is 0 Å². The molecule has 0 bridgehead atoms. The normalized spacial score (nSPS) is 21.8. The zero-order valence-electron chi connectivity index (χ0n) is 14.2. The zero-order valence-corrected chi connectivity index (χ0v) is 15.9. The van der Waals surface area contributed by atoms with Gasteiger partial charge in [-0.15, -0.1) is 0 Å². The molecule has 0 saturated carbocycles. The summed E-state index contributed by atoms with van der Waals surface area (Å²) in [4.78, 5) is 0. The van der Waals surface area contributed by atoms with Gasteiger partial charge in [-0.3, -0.25) is 0 Å². The molecule has 0 fully saturated rings. The maximum atomic E-state index is 6.50. The van der Waals surface area contributed by atoms with Gasteiger partial charge in [-0.2, -0.15) is 0 Å². The van der Waals surface area contributed by atoms with Crippen molar-refractivity contribution in [2.45, 2.75) is 19.0 Å². The molecule has 0 saturated heterocycles. The monoisotopic (exact) mass is 362 g/mol. The predicted octanol–water partition coefficient (Wildman–Crippen LogP) is 6.10. The maximum absolute atomic E-state index is 6.50. The summed E-state index contributed by atoms with van der Waals surface area (Å²) in [6.45, 7) is 2.14. The van der Waals surface area contributed by atoms with E-state index in [4.69, 9.17) is 16.3 Å². The van der Waals surface area contributed by atoms with Crippen molar-refractivity contribution in [1.29, 1.82) is 0 Å². The summed E-state index contributed by atoms with van der Waals surface area (Å²) in [6.07, 6.45) is 0.971. The van der Waals surface area contributed by atoms with Gasteiger partial charge in [0.2, 0.25) is 0 Å². The first-order chi connectivity index (χ1) is 12.1. The van der Waals surface area contributed by atoms with E-state index in [9.17, 15) is 0 Å². The minimum Gasteiger partial charge on any atom is -0.470 e.